The molecule has 0 unspecified atom stereocenters. The van der Waals surface area contributed by atoms with E-state index in [1.807, 2.05) is 6.07 Å². The van der Waals surface area contributed by atoms with E-state index in [1.165, 1.54) is 19.3 Å². The molecule has 26 heavy (non-hydrogen) atoms. The zero-order valence-electron chi connectivity index (χ0n) is 15.6. The summed E-state index contributed by atoms with van der Waals surface area (Å²) in [5.41, 5.74) is 1.95. The van der Waals surface area contributed by atoms with E-state index in [4.69, 9.17) is 23.8 Å². The van der Waals surface area contributed by atoms with E-state index in [0.29, 0.717) is 23.0 Å². The highest BCUT2D eigenvalue weighted by Crippen LogP contribution is 2.53. The molecule has 3 heterocycles. The third-order valence-electron chi connectivity index (χ3n) is 5.42. The van der Waals surface area contributed by atoms with Gasteiger partial charge >= 0.3 is 0 Å². The fourth-order valence-electron chi connectivity index (χ4n) is 3.93. The Morgan fingerprint density at radius 3 is 2.62 bits per heavy atom. The normalized spacial score (nSPS) is 25.0. The maximum absolute atomic E-state index is 5.84. The molecule has 1 fully saturated rings. The fraction of sp³-hybridized carbons (Fsp3) is 0.632. The van der Waals surface area contributed by atoms with Gasteiger partial charge in [0.25, 0.3) is 0 Å². The lowest BCUT2D eigenvalue weighted by atomic mass is 9.92. The Balaban J connectivity index is 1.58. The molecule has 7 heteroatoms. The highest BCUT2D eigenvalue weighted by atomic mass is 16.7. The number of piperidine rings is 1. The van der Waals surface area contributed by atoms with Gasteiger partial charge in [-0.25, -0.2) is 0 Å². The highest BCUT2D eigenvalue weighted by Gasteiger charge is 2.38. The SMILES string of the molecule is COc1cc([C@@H]2ON=C(CN3CCCCC3)[C@H]2C)c(OC)c2c1OCO2. The summed E-state index contributed by atoms with van der Waals surface area (Å²) < 4.78 is 22.3. The number of hydrogen-bond donors (Lipinski definition) is 0. The van der Waals surface area contributed by atoms with Crippen molar-refractivity contribution in [3.63, 3.8) is 0 Å². The molecule has 1 aromatic rings. The molecule has 0 radical (unpaired) electrons. The minimum absolute atomic E-state index is 0.149. The fourth-order valence-corrected chi connectivity index (χ4v) is 3.93. The average molecular weight is 362 g/mol. The van der Waals surface area contributed by atoms with E-state index >= 15 is 0 Å². The molecule has 0 aliphatic carbocycles. The van der Waals surface area contributed by atoms with Crippen molar-refractivity contribution in [2.75, 3.05) is 40.6 Å². The molecule has 3 aliphatic heterocycles. The summed E-state index contributed by atoms with van der Waals surface area (Å²) in [4.78, 5) is 8.30. The van der Waals surface area contributed by atoms with Crippen LogP contribution in [-0.2, 0) is 4.84 Å². The zero-order chi connectivity index (χ0) is 18.1. The summed E-state index contributed by atoms with van der Waals surface area (Å²) in [6, 6.07) is 1.91. The monoisotopic (exact) mass is 362 g/mol. The minimum atomic E-state index is -0.229. The van der Waals surface area contributed by atoms with Crippen LogP contribution < -0.4 is 18.9 Å². The number of hydrogen-bond acceptors (Lipinski definition) is 7. The van der Waals surface area contributed by atoms with E-state index in [9.17, 15) is 0 Å². The molecular weight excluding hydrogens is 336 g/mol. The van der Waals surface area contributed by atoms with Gasteiger partial charge in [-0.05, 0) is 32.0 Å². The number of nitrogens with zero attached hydrogens (tertiary/aromatic N) is 2. The standard InChI is InChI=1S/C19H26N2O5/c1-12-14(10-21-7-5-4-6-8-21)20-26-16(12)13-9-15(22-2)18-19(17(13)23-3)25-11-24-18/h9,12,16H,4-8,10-11H2,1-3H3/t12-,16-/m1/s1. The summed E-state index contributed by atoms with van der Waals surface area (Å²) in [5, 5.41) is 4.40. The predicted molar refractivity (Wildman–Crippen MR) is 96.4 cm³/mol. The molecule has 4 rings (SSSR count). The number of fused-ring (bicyclic) bond motifs is 1. The Morgan fingerprint density at radius 2 is 1.88 bits per heavy atom. The Hall–Kier alpha value is -2.15. The molecule has 1 saturated heterocycles. The molecule has 0 aromatic heterocycles. The Morgan fingerprint density at radius 1 is 1.12 bits per heavy atom. The van der Waals surface area contributed by atoms with Gasteiger partial charge in [-0.2, -0.15) is 0 Å². The highest BCUT2D eigenvalue weighted by molar-refractivity contribution is 5.90. The van der Waals surface area contributed by atoms with E-state index in [-0.39, 0.29) is 18.8 Å². The van der Waals surface area contributed by atoms with Gasteiger partial charge in [0.15, 0.2) is 17.6 Å². The number of rotatable bonds is 5. The second-order valence-corrected chi connectivity index (χ2v) is 7.00. The van der Waals surface area contributed by atoms with Crippen molar-refractivity contribution in [1.82, 2.24) is 4.90 Å². The molecular formula is C19H26N2O5. The Kier molecular flexibility index (Phi) is 4.80. The smallest absolute Gasteiger partial charge is 0.231 e. The third kappa shape index (κ3) is 2.94. The lowest BCUT2D eigenvalue weighted by Gasteiger charge is -2.27. The number of methoxy groups -OCH3 is 2. The van der Waals surface area contributed by atoms with Gasteiger partial charge in [-0.15, -0.1) is 0 Å². The van der Waals surface area contributed by atoms with Crippen molar-refractivity contribution < 1.29 is 23.8 Å². The molecule has 2 atom stereocenters. The summed E-state index contributed by atoms with van der Waals surface area (Å²) in [7, 11) is 3.24. The first-order chi connectivity index (χ1) is 12.7. The predicted octanol–water partition coefficient (Wildman–Crippen LogP) is 2.98. The van der Waals surface area contributed by atoms with Crippen molar-refractivity contribution >= 4 is 5.71 Å². The van der Waals surface area contributed by atoms with E-state index in [2.05, 4.69) is 17.0 Å². The van der Waals surface area contributed by atoms with Gasteiger partial charge in [-0.3, -0.25) is 4.90 Å². The minimum Gasteiger partial charge on any atom is -0.493 e. The summed E-state index contributed by atoms with van der Waals surface area (Å²) >= 11 is 0. The molecule has 3 aliphatic rings. The maximum atomic E-state index is 5.84. The van der Waals surface area contributed by atoms with Crippen LogP contribution in [0, 0.1) is 5.92 Å². The van der Waals surface area contributed by atoms with Crippen molar-refractivity contribution in [1.29, 1.82) is 0 Å². The lowest BCUT2D eigenvalue weighted by molar-refractivity contribution is 0.0628. The quantitative estimate of drug-likeness (QED) is 0.802. The largest absolute Gasteiger partial charge is 0.493 e. The summed E-state index contributed by atoms with van der Waals surface area (Å²) in [6.45, 7) is 5.44. The van der Waals surface area contributed by atoms with Crippen LogP contribution in [0.4, 0.5) is 0 Å². The third-order valence-corrected chi connectivity index (χ3v) is 5.42. The second kappa shape index (κ2) is 7.23. The second-order valence-electron chi connectivity index (χ2n) is 7.00. The first-order valence-corrected chi connectivity index (χ1v) is 9.22. The van der Waals surface area contributed by atoms with Crippen molar-refractivity contribution in [3.05, 3.63) is 11.6 Å². The van der Waals surface area contributed by atoms with Crippen LogP contribution >= 0.6 is 0 Å². The van der Waals surface area contributed by atoms with Gasteiger partial charge in [0.2, 0.25) is 18.3 Å². The van der Waals surface area contributed by atoms with Gasteiger partial charge < -0.3 is 23.8 Å². The van der Waals surface area contributed by atoms with Crippen LogP contribution in [0.5, 0.6) is 23.0 Å². The molecule has 0 bridgehead atoms. The van der Waals surface area contributed by atoms with Crippen LogP contribution in [0.15, 0.2) is 11.2 Å². The molecule has 0 N–H and O–H groups in total. The molecule has 0 spiro atoms. The Labute approximate surface area is 153 Å². The first kappa shape index (κ1) is 17.3. The van der Waals surface area contributed by atoms with E-state index in [0.717, 1.165) is 30.9 Å². The summed E-state index contributed by atoms with van der Waals surface area (Å²) in [6.07, 6.45) is 3.62. The van der Waals surface area contributed by atoms with Gasteiger partial charge in [0, 0.05) is 18.0 Å². The molecule has 0 amide bonds. The van der Waals surface area contributed by atoms with Crippen LogP contribution in [-0.4, -0.2) is 51.3 Å². The maximum Gasteiger partial charge on any atom is 0.231 e. The topological polar surface area (TPSA) is 61.8 Å². The Bertz CT molecular complexity index is 700. The van der Waals surface area contributed by atoms with Gasteiger partial charge in [0.1, 0.15) is 0 Å². The molecule has 142 valence electrons. The number of likely N-dealkylation sites (tertiary alicyclic amines) is 1. The van der Waals surface area contributed by atoms with Crippen LogP contribution in [0.3, 0.4) is 0 Å². The summed E-state index contributed by atoms with van der Waals surface area (Å²) in [5.74, 6) is 2.55. The average Bonchev–Trinajstić information content (AvgIpc) is 3.29. The number of benzene rings is 1. The molecule has 0 saturated carbocycles. The molecule has 7 nitrogen and oxygen atoms in total. The van der Waals surface area contributed by atoms with Crippen LogP contribution in [0.25, 0.3) is 0 Å². The van der Waals surface area contributed by atoms with Crippen LogP contribution in [0.1, 0.15) is 37.9 Å². The van der Waals surface area contributed by atoms with Gasteiger partial charge in [-0.1, -0.05) is 18.5 Å². The number of ether oxygens (including phenoxy) is 4. The van der Waals surface area contributed by atoms with Crippen molar-refractivity contribution in [2.24, 2.45) is 11.1 Å². The van der Waals surface area contributed by atoms with E-state index < -0.39 is 0 Å². The van der Waals surface area contributed by atoms with Crippen LogP contribution in [0.2, 0.25) is 0 Å². The molecule has 1 aromatic carbocycles. The van der Waals surface area contributed by atoms with Gasteiger partial charge in [0.05, 0.1) is 19.9 Å². The number of oxime groups is 1. The van der Waals surface area contributed by atoms with Crippen molar-refractivity contribution in [3.8, 4) is 23.0 Å². The lowest BCUT2D eigenvalue weighted by Crippen LogP contribution is -2.36. The zero-order valence-corrected chi connectivity index (χ0v) is 15.6. The van der Waals surface area contributed by atoms with Crippen molar-refractivity contribution in [2.45, 2.75) is 32.3 Å². The first-order valence-electron chi connectivity index (χ1n) is 9.22. The van der Waals surface area contributed by atoms with E-state index in [1.54, 1.807) is 14.2 Å².